The largest absolute Gasteiger partial charge is 0.341 e. The molecule has 1 unspecified atom stereocenters. The second-order valence-corrected chi connectivity index (χ2v) is 3.93. The molecule has 0 aliphatic heterocycles. The quantitative estimate of drug-likeness (QED) is 0.649. The molecule has 0 heterocycles. The molecule has 0 aromatic carbocycles. The van der Waals surface area contributed by atoms with Gasteiger partial charge >= 0.3 is 0 Å². The highest BCUT2D eigenvalue weighted by Crippen LogP contribution is 2.06. The van der Waals surface area contributed by atoms with E-state index in [4.69, 9.17) is 12.2 Å². The lowest BCUT2D eigenvalue weighted by atomic mass is 9.99. The third kappa shape index (κ3) is 4.85. The molecule has 0 spiro atoms. The number of carbonyl (C=O) groups excluding carboxylic acids is 1. The number of rotatable bonds is 6. The average molecular weight is 210 g/mol. The molecule has 3 heteroatoms. The average Bonchev–Trinajstić information content (AvgIpc) is 2.26. The second-order valence-electron chi connectivity index (χ2n) is 3.93. The predicted molar refractivity (Wildman–Crippen MR) is 63.1 cm³/mol. The topological polar surface area (TPSA) is 55.1 Å². The molecular formula is C12H22N2O. The molecule has 3 N–H and O–H groups in total. The van der Waals surface area contributed by atoms with Crippen LogP contribution in [0.2, 0.25) is 0 Å². The van der Waals surface area contributed by atoms with Gasteiger partial charge in [0.25, 0.3) is 0 Å². The Morgan fingerprint density at radius 1 is 1.53 bits per heavy atom. The van der Waals surface area contributed by atoms with Crippen molar-refractivity contribution in [3.63, 3.8) is 0 Å². The van der Waals surface area contributed by atoms with Gasteiger partial charge in [-0.25, -0.2) is 0 Å². The first-order valence-corrected chi connectivity index (χ1v) is 5.58. The van der Waals surface area contributed by atoms with Gasteiger partial charge in [-0.2, -0.15) is 0 Å². The van der Waals surface area contributed by atoms with Crippen molar-refractivity contribution < 1.29 is 4.79 Å². The smallest absolute Gasteiger partial charge is 0.238 e. The van der Waals surface area contributed by atoms with Crippen LogP contribution < -0.4 is 11.1 Å². The molecule has 0 aliphatic carbocycles. The van der Waals surface area contributed by atoms with Crippen molar-refractivity contribution in [1.82, 2.24) is 5.32 Å². The van der Waals surface area contributed by atoms with Gasteiger partial charge in [-0.05, 0) is 12.3 Å². The van der Waals surface area contributed by atoms with Gasteiger partial charge in [0.15, 0.2) is 0 Å². The SMILES string of the molecule is C#CC(CCC)NC(=O)[C@@H](N)[C@@H](C)CC. The van der Waals surface area contributed by atoms with Gasteiger partial charge in [-0.1, -0.05) is 39.5 Å². The summed E-state index contributed by atoms with van der Waals surface area (Å²) in [4.78, 5) is 11.7. The molecule has 86 valence electrons. The Morgan fingerprint density at radius 3 is 2.53 bits per heavy atom. The van der Waals surface area contributed by atoms with E-state index < -0.39 is 6.04 Å². The zero-order valence-corrected chi connectivity index (χ0v) is 9.92. The zero-order valence-electron chi connectivity index (χ0n) is 9.92. The highest BCUT2D eigenvalue weighted by Gasteiger charge is 2.20. The summed E-state index contributed by atoms with van der Waals surface area (Å²) in [7, 11) is 0. The molecule has 0 aromatic heterocycles. The third-order valence-corrected chi connectivity index (χ3v) is 2.65. The minimum atomic E-state index is -0.456. The number of hydrogen-bond donors (Lipinski definition) is 2. The summed E-state index contributed by atoms with van der Waals surface area (Å²) < 4.78 is 0. The van der Waals surface area contributed by atoms with Crippen molar-refractivity contribution in [2.75, 3.05) is 0 Å². The van der Waals surface area contributed by atoms with Crippen molar-refractivity contribution in [2.24, 2.45) is 11.7 Å². The van der Waals surface area contributed by atoms with E-state index >= 15 is 0 Å². The first-order chi connectivity index (χ1) is 7.06. The van der Waals surface area contributed by atoms with Crippen molar-refractivity contribution in [1.29, 1.82) is 0 Å². The minimum Gasteiger partial charge on any atom is -0.341 e. The Kier molecular flexibility index (Phi) is 6.81. The van der Waals surface area contributed by atoms with E-state index in [1.165, 1.54) is 0 Å². The maximum absolute atomic E-state index is 11.7. The van der Waals surface area contributed by atoms with Gasteiger partial charge in [-0.15, -0.1) is 6.42 Å². The molecule has 0 fully saturated rings. The highest BCUT2D eigenvalue weighted by atomic mass is 16.2. The molecule has 0 aromatic rings. The molecule has 3 nitrogen and oxygen atoms in total. The lowest BCUT2D eigenvalue weighted by molar-refractivity contribution is -0.123. The zero-order chi connectivity index (χ0) is 11.8. The summed E-state index contributed by atoms with van der Waals surface area (Å²) in [6.45, 7) is 6.02. The number of amides is 1. The number of nitrogens with two attached hydrogens (primary N) is 1. The van der Waals surface area contributed by atoms with E-state index in [9.17, 15) is 4.79 Å². The molecule has 3 atom stereocenters. The van der Waals surface area contributed by atoms with Crippen molar-refractivity contribution >= 4 is 5.91 Å². The first-order valence-electron chi connectivity index (χ1n) is 5.58. The molecule has 0 bridgehead atoms. The molecule has 15 heavy (non-hydrogen) atoms. The molecule has 0 aliphatic rings. The normalized spacial score (nSPS) is 16.2. The Bertz CT molecular complexity index is 232. The molecule has 0 rings (SSSR count). The summed E-state index contributed by atoms with van der Waals surface area (Å²) in [5.41, 5.74) is 5.79. The van der Waals surface area contributed by atoms with E-state index in [0.29, 0.717) is 0 Å². The fourth-order valence-electron chi connectivity index (χ4n) is 1.27. The Labute approximate surface area is 92.8 Å². The summed E-state index contributed by atoms with van der Waals surface area (Å²) in [5.74, 6) is 2.61. The summed E-state index contributed by atoms with van der Waals surface area (Å²) in [6.07, 6.45) is 7.96. The molecule has 0 saturated carbocycles. The second kappa shape index (κ2) is 7.30. The lowest BCUT2D eigenvalue weighted by Crippen LogP contribution is -2.47. The van der Waals surface area contributed by atoms with Crippen LogP contribution in [0.5, 0.6) is 0 Å². The van der Waals surface area contributed by atoms with Crippen molar-refractivity contribution in [2.45, 2.75) is 52.1 Å². The van der Waals surface area contributed by atoms with Gasteiger partial charge in [0.05, 0.1) is 12.1 Å². The first kappa shape index (κ1) is 14.0. The Morgan fingerprint density at radius 2 is 2.13 bits per heavy atom. The molecule has 1 amide bonds. The lowest BCUT2D eigenvalue weighted by Gasteiger charge is -2.20. The molecule has 0 radical (unpaired) electrons. The van der Waals surface area contributed by atoms with Gasteiger partial charge < -0.3 is 11.1 Å². The van der Waals surface area contributed by atoms with E-state index in [2.05, 4.69) is 11.2 Å². The van der Waals surface area contributed by atoms with Crippen molar-refractivity contribution in [3.8, 4) is 12.3 Å². The fraction of sp³-hybridized carbons (Fsp3) is 0.750. The number of nitrogens with one attached hydrogen (secondary N) is 1. The summed E-state index contributed by atoms with van der Waals surface area (Å²) >= 11 is 0. The Balaban J connectivity index is 4.17. The predicted octanol–water partition coefficient (Wildman–Crippen LogP) is 1.28. The fourth-order valence-corrected chi connectivity index (χ4v) is 1.27. The van der Waals surface area contributed by atoms with Crippen LogP contribution >= 0.6 is 0 Å². The van der Waals surface area contributed by atoms with E-state index in [0.717, 1.165) is 19.3 Å². The minimum absolute atomic E-state index is 0.138. The van der Waals surface area contributed by atoms with Crippen LogP contribution in [-0.4, -0.2) is 18.0 Å². The van der Waals surface area contributed by atoms with Gasteiger partial charge in [0, 0.05) is 0 Å². The Hall–Kier alpha value is -1.01. The van der Waals surface area contributed by atoms with Crippen molar-refractivity contribution in [3.05, 3.63) is 0 Å². The maximum Gasteiger partial charge on any atom is 0.238 e. The molecule has 0 saturated heterocycles. The molecular weight excluding hydrogens is 188 g/mol. The van der Waals surface area contributed by atoms with Crippen LogP contribution in [-0.2, 0) is 4.79 Å². The van der Waals surface area contributed by atoms with E-state index in [-0.39, 0.29) is 17.9 Å². The van der Waals surface area contributed by atoms with Crippen LogP contribution in [0.1, 0.15) is 40.0 Å². The van der Waals surface area contributed by atoms with E-state index in [1.54, 1.807) is 0 Å². The van der Waals surface area contributed by atoms with Crippen LogP contribution in [0.4, 0.5) is 0 Å². The van der Waals surface area contributed by atoms with Gasteiger partial charge in [-0.3, -0.25) is 4.79 Å². The maximum atomic E-state index is 11.7. The number of terminal acetylenes is 1. The number of carbonyl (C=O) groups is 1. The number of hydrogen-bond acceptors (Lipinski definition) is 2. The van der Waals surface area contributed by atoms with Gasteiger partial charge in [0.2, 0.25) is 5.91 Å². The summed E-state index contributed by atoms with van der Waals surface area (Å²) in [5, 5.41) is 2.78. The van der Waals surface area contributed by atoms with Crippen LogP contribution in [0.25, 0.3) is 0 Å². The van der Waals surface area contributed by atoms with E-state index in [1.807, 2.05) is 20.8 Å². The standard InChI is InChI=1S/C12H22N2O/c1-5-8-10(7-3)14-12(15)11(13)9(4)6-2/h3,9-11H,5-6,8,13H2,1-2,4H3,(H,14,15)/t9-,10?,11-/m0/s1. The van der Waals surface area contributed by atoms with Crippen LogP contribution in [0, 0.1) is 18.3 Å². The highest BCUT2D eigenvalue weighted by molar-refractivity contribution is 5.82. The third-order valence-electron chi connectivity index (χ3n) is 2.65. The van der Waals surface area contributed by atoms with Crippen LogP contribution in [0.15, 0.2) is 0 Å². The van der Waals surface area contributed by atoms with Crippen LogP contribution in [0.3, 0.4) is 0 Å². The monoisotopic (exact) mass is 210 g/mol. The van der Waals surface area contributed by atoms with Gasteiger partial charge in [0.1, 0.15) is 0 Å². The summed E-state index contributed by atoms with van der Waals surface area (Å²) in [6, 6.07) is -0.639.